The summed E-state index contributed by atoms with van der Waals surface area (Å²) in [5.41, 5.74) is 0. The fourth-order valence-electron chi connectivity index (χ4n) is 1.12. The Morgan fingerprint density at radius 3 is 3.10 bits per heavy atom. The average molecular weight is 141 g/mol. The molecular weight excluding hydrogens is 130 g/mol. The van der Waals surface area contributed by atoms with Gasteiger partial charge in [-0.3, -0.25) is 0 Å². The van der Waals surface area contributed by atoms with Crippen molar-refractivity contribution >= 4 is 0 Å². The highest BCUT2D eigenvalue weighted by atomic mass is 16.5. The van der Waals surface area contributed by atoms with Crippen LogP contribution in [0.2, 0.25) is 0 Å². The number of hydrogen-bond acceptors (Lipinski definition) is 3. The Balaban J connectivity index is 2.34. The zero-order valence-corrected chi connectivity index (χ0v) is 5.79. The molecule has 1 fully saturated rings. The first-order chi connectivity index (χ1) is 4.84. The molecule has 3 heteroatoms. The molecule has 1 aliphatic rings. The molecule has 0 saturated carbocycles. The topological polar surface area (TPSA) is 53.2 Å². The predicted octanol–water partition coefficient (Wildman–Crippen LogP) is 0.297. The van der Waals surface area contributed by atoms with Crippen LogP contribution in [0.3, 0.4) is 0 Å². The molecule has 0 aromatic carbocycles. The number of ether oxygens (including phenoxy) is 1. The quantitative estimate of drug-likeness (QED) is 0.571. The van der Waals surface area contributed by atoms with Gasteiger partial charge in [-0.25, -0.2) is 0 Å². The summed E-state index contributed by atoms with van der Waals surface area (Å²) in [6, 6.07) is 2.05. The van der Waals surface area contributed by atoms with Crippen LogP contribution in [0.4, 0.5) is 0 Å². The lowest BCUT2D eigenvalue weighted by Crippen LogP contribution is -2.31. The van der Waals surface area contributed by atoms with E-state index >= 15 is 0 Å². The monoisotopic (exact) mass is 141 g/mol. The molecule has 1 rings (SSSR count). The summed E-state index contributed by atoms with van der Waals surface area (Å²) in [6.07, 6.45) is 0.840. The van der Waals surface area contributed by atoms with Gasteiger partial charge in [0.1, 0.15) is 0 Å². The summed E-state index contributed by atoms with van der Waals surface area (Å²) in [7, 11) is 0. The number of nitrogens with zero attached hydrogens (tertiary/aromatic N) is 1. The van der Waals surface area contributed by atoms with Crippen molar-refractivity contribution in [2.45, 2.75) is 18.9 Å². The Labute approximate surface area is 60.2 Å². The Morgan fingerprint density at radius 2 is 2.50 bits per heavy atom. The Hall–Kier alpha value is -0.590. The largest absolute Gasteiger partial charge is 0.390 e. The van der Waals surface area contributed by atoms with E-state index < -0.39 is 6.10 Å². The molecule has 3 nitrogen and oxygen atoms in total. The van der Waals surface area contributed by atoms with Gasteiger partial charge in [-0.1, -0.05) is 0 Å². The molecule has 0 aliphatic carbocycles. The highest BCUT2D eigenvalue weighted by Gasteiger charge is 2.22. The number of hydrogen-bond donors (Lipinski definition) is 1. The third-order valence-corrected chi connectivity index (χ3v) is 1.82. The lowest BCUT2D eigenvalue weighted by atomic mass is 9.95. The van der Waals surface area contributed by atoms with Gasteiger partial charge in [-0.15, -0.1) is 0 Å². The van der Waals surface area contributed by atoms with Crippen LogP contribution in [0.25, 0.3) is 0 Å². The van der Waals surface area contributed by atoms with Crippen molar-refractivity contribution in [3.05, 3.63) is 0 Å². The fraction of sp³-hybridized carbons (Fsp3) is 0.857. The summed E-state index contributed by atoms with van der Waals surface area (Å²) in [6.45, 7) is 1.08. The molecule has 0 radical (unpaired) electrons. The molecule has 1 heterocycles. The zero-order chi connectivity index (χ0) is 7.40. The first-order valence-corrected chi connectivity index (χ1v) is 3.47. The third kappa shape index (κ3) is 1.69. The highest BCUT2D eigenvalue weighted by molar-refractivity contribution is 4.82. The second kappa shape index (κ2) is 3.55. The summed E-state index contributed by atoms with van der Waals surface area (Å²) in [5, 5.41) is 17.6. The van der Waals surface area contributed by atoms with Gasteiger partial charge in [0.15, 0.2) is 0 Å². The van der Waals surface area contributed by atoms with Gasteiger partial charge in [0, 0.05) is 18.9 Å². The van der Waals surface area contributed by atoms with Gasteiger partial charge < -0.3 is 9.84 Å². The molecular formula is C7H11NO2. The lowest BCUT2D eigenvalue weighted by molar-refractivity contribution is -0.0422. The first kappa shape index (κ1) is 7.52. The Kier molecular flexibility index (Phi) is 2.67. The van der Waals surface area contributed by atoms with Crippen molar-refractivity contribution in [1.82, 2.24) is 0 Å². The summed E-state index contributed by atoms with van der Waals surface area (Å²) < 4.78 is 5.00. The number of aliphatic hydroxyl groups excluding tert-OH is 1. The summed E-state index contributed by atoms with van der Waals surface area (Å²) in [5.74, 6) is 0.138. The number of nitriles is 1. The maximum absolute atomic E-state index is 9.22. The zero-order valence-electron chi connectivity index (χ0n) is 5.79. The maximum atomic E-state index is 9.22. The van der Waals surface area contributed by atoms with Crippen LogP contribution < -0.4 is 0 Å². The smallest absolute Gasteiger partial charge is 0.0812 e. The van der Waals surface area contributed by atoms with Crippen LogP contribution in [-0.4, -0.2) is 24.4 Å². The third-order valence-electron chi connectivity index (χ3n) is 1.82. The lowest BCUT2D eigenvalue weighted by Gasteiger charge is -2.25. The van der Waals surface area contributed by atoms with E-state index in [1.165, 1.54) is 0 Å². The molecule has 0 unspecified atom stereocenters. The van der Waals surface area contributed by atoms with Crippen LogP contribution in [0.5, 0.6) is 0 Å². The fourth-order valence-corrected chi connectivity index (χ4v) is 1.12. The number of rotatable bonds is 1. The van der Waals surface area contributed by atoms with E-state index in [9.17, 15) is 5.11 Å². The minimum atomic E-state index is -0.423. The SMILES string of the molecule is N#CC[C@H]1CCOC[C@H]1O. The van der Waals surface area contributed by atoms with E-state index in [2.05, 4.69) is 6.07 Å². The molecule has 0 aromatic rings. The van der Waals surface area contributed by atoms with Gasteiger partial charge in [0.05, 0.1) is 18.8 Å². The van der Waals surface area contributed by atoms with Crippen molar-refractivity contribution < 1.29 is 9.84 Å². The highest BCUT2D eigenvalue weighted by Crippen LogP contribution is 2.17. The van der Waals surface area contributed by atoms with Crippen molar-refractivity contribution in [3.8, 4) is 6.07 Å². The van der Waals surface area contributed by atoms with E-state index in [4.69, 9.17) is 10.00 Å². The van der Waals surface area contributed by atoms with Crippen molar-refractivity contribution in [2.75, 3.05) is 13.2 Å². The van der Waals surface area contributed by atoms with E-state index in [0.717, 1.165) is 6.42 Å². The molecule has 0 amide bonds. The van der Waals surface area contributed by atoms with Gasteiger partial charge in [0.25, 0.3) is 0 Å². The molecule has 2 atom stereocenters. The molecule has 0 aromatic heterocycles. The normalized spacial score (nSPS) is 33.2. The Morgan fingerprint density at radius 1 is 1.70 bits per heavy atom. The molecule has 0 spiro atoms. The summed E-state index contributed by atoms with van der Waals surface area (Å²) >= 11 is 0. The first-order valence-electron chi connectivity index (χ1n) is 3.47. The maximum Gasteiger partial charge on any atom is 0.0812 e. The molecule has 0 bridgehead atoms. The van der Waals surface area contributed by atoms with Crippen LogP contribution in [0.1, 0.15) is 12.8 Å². The van der Waals surface area contributed by atoms with Gasteiger partial charge >= 0.3 is 0 Å². The van der Waals surface area contributed by atoms with Crippen molar-refractivity contribution in [1.29, 1.82) is 5.26 Å². The second-order valence-corrected chi connectivity index (χ2v) is 2.55. The molecule has 56 valence electrons. The van der Waals surface area contributed by atoms with Gasteiger partial charge in [0.2, 0.25) is 0 Å². The average Bonchev–Trinajstić information content (AvgIpc) is 1.94. The standard InChI is InChI=1S/C7H11NO2/c8-3-1-6-2-4-10-5-7(6)9/h6-7,9H,1-2,4-5H2/t6-,7+/m0/s1. The Bertz CT molecular complexity index is 141. The van der Waals surface area contributed by atoms with Crippen LogP contribution >= 0.6 is 0 Å². The molecule has 1 N–H and O–H groups in total. The number of aliphatic hydroxyl groups is 1. The van der Waals surface area contributed by atoms with Crippen molar-refractivity contribution in [2.24, 2.45) is 5.92 Å². The van der Waals surface area contributed by atoms with Crippen molar-refractivity contribution in [3.63, 3.8) is 0 Å². The molecule has 10 heavy (non-hydrogen) atoms. The van der Waals surface area contributed by atoms with Crippen LogP contribution in [-0.2, 0) is 4.74 Å². The van der Waals surface area contributed by atoms with E-state index in [1.54, 1.807) is 0 Å². The van der Waals surface area contributed by atoms with Crippen LogP contribution in [0.15, 0.2) is 0 Å². The predicted molar refractivity (Wildman–Crippen MR) is 35.2 cm³/mol. The van der Waals surface area contributed by atoms with Crippen LogP contribution in [0, 0.1) is 17.2 Å². The summed E-state index contributed by atoms with van der Waals surface area (Å²) in [4.78, 5) is 0. The molecule has 1 aliphatic heterocycles. The second-order valence-electron chi connectivity index (χ2n) is 2.55. The van der Waals surface area contributed by atoms with Gasteiger partial charge in [-0.2, -0.15) is 5.26 Å². The minimum Gasteiger partial charge on any atom is -0.390 e. The van der Waals surface area contributed by atoms with E-state index in [0.29, 0.717) is 19.6 Å². The molecule has 1 saturated heterocycles. The van der Waals surface area contributed by atoms with Gasteiger partial charge in [-0.05, 0) is 6.42 Å². The minimum absolute atomic E-state index is 0.138. The van der Waals surface area contributed by atoms with E-state index in [1.807, 2.05) is 0 Å². The van der Waals surface area contributed by atoms with E-state index in [-0.39, 0.29) is 5.92 Å².